The molecule has 0 aliphatic carbocycles. The van der Waals surface area contributed by atoms with E-state index < -0.39 is 15.4 Å². The van der Waals surface area contributed by atoms with Gasteiger partial charge in [0.05, 0.1) is 24.6 Å². The largest absolute Gasteiger partial charge is 0.493 e. The number of nitrogens with zero attached hydrogens (tertiary/aromatic N) is 3. The van der Waals surface area contributed by atoms with Crippen LogP contribution >= 0.6 is 0 Å². The number of amides is 1. The number of carbonyl (C=O) groups is 1. The Kier molecular flexibility index (Phi) is 8.10. The summed E-state index contributed by atoms with van der Waals surface area (Å²) >= 11 is 0. The zero-order valence-electron chi connectivity index (χ0n) is 24.9. The molecule has 2 fully saturated rings. The summed E-state index contributed by atoms with van der Waals surface area (Å²) in [6, 6.07) is 10.5. The third-order valence-electron chi connectivity index (χ3n) is 7.73. The molecule has 11 nitrogen and oxygen atoms in total. The minimum atomic E-state index is -3.31. The molecule has 1 unspecified atom stereocenters. The molecule has 2 aliphatic heterocycles. The summed E-state index contributed by atoms with van der Waals surface area (Å²) in [5.41, 5.74) is 0.811. The first kappa shape index (κ1) is 29.7. The summed E-state index contributed by atoms with van der Waals surface area (Å²) in [5.74, 6) is 2.43. The summed E-state index contributed by atoms with van der Waals surface area (Å²) in [6.45, 7) is 6.35. The smallest absolute Gasteiger partial charge is 0.410 e. The summed E-state index contributed by atoms with van der Waals surface area (Å²) in [4.78, 5) is 24.6. The van der Waals surface area contributed by atoms with E-state index in [1.807, 2.05) is 31.7 Å². The van der Waals surface area contributed by atoms with Gasteiger partial charge in [-0.15, -0.1) is 0 Å². The van der Waals surface area contributed by atoms with E-state index in [1.165, 1.54) is 6.26 Å². The van der Waals surface area contributed by atoms with Gasteiger partial charge in [0, 0.05) is 42.0 Å². The third-order valence-corrected chi connectivity index (χ3v) is 8.86. The van der Waals surface area contributed by atoms with Gasteiger partial charge < -0.3 is 29.7 Å². The number of piperidine rings is 1. The molecule has 226 valence electrons. The normalized spacial score (nSPS) is 20.3. The lowest BCUT2D eigenvalue weighted by Crippen LogP contribution is -2.49. The molecule has 5 rings (SSSR count). The Balaban J connectivity index is 1.37. The maximum absolute atomic E-state index is 12.9. The number of ether oxygens (including phenoxy) is 3. The van der Waals surface area contributed by atoms with Gasteiger partial charge in [-0.25, -0.2) is 18.2 Å². The molecule has 2 aromatic carbocycles. The van der Waals surface area contributed by atoms with Crippen LogP contribution in [0.1, 0.15) is 46.5 Å². The van der Waals surface area contributed by atoms with E-state index in [2.05, 4.69) is 10.6 Å². The average molecular weight is 598 g/mol. The molecule has 3 atom stereocenters. The van der Waals surface area contributed by atoms with Crippen molar-refractivity contribution in [1.29, 1.82) is 0 Å². The predicted octanol–water partition coefficient (Wildman–Crippen LogP) is 5.38. The van der Waals surface area contributed by atoms with Crippen LogP contribution in [0, 0.1) is 5.92 Å². The van der Waals surface area contributed by atoms with Crippen LogP contribution in [0.5, 0.6) is 11.5 Å². The monoisotopic (exact) mass is 597 g/mol. The second-order valence-corrected chi connectivity index (χ2v) is 14.0. The number of aromatic nitrogens is 2. The minimum absolute atomic E-state index is 0.173. The highest BCUT2D eigenvalue weighted by atomic mass is 32.2. The number of hydrogen-bond acceptors (Lipinski definition) is 10. The van der Waals surface area contributed by atoms with Gasteiger partial charge in [-0.1, -0.05) is 0 Å². The van der Waals surface area contributed by atoms with E-state index in [0.29, 0.717) is 52.3 Å². The van der Waals surface area contributed by atoms with Crippen LogP contribution in [0.25, 0.3) is 10.9 Å². The van der Waals surface area contributed by atoms with Gasteiger partial charge in [-0.3, -0.25) is 0 Å². The number of nitrogens with one attached hydrogen (secondary N) is 2. The number of carbonyl (C=O) groups excluding carboxylic acids is 1. The Hall–Kier alpha value is -3.80. The van der Waals surface area contributed by atoms with Gasteiger partial charge in [0.15, 0.2) is 21.3 Å². The zero-order chi connectivity index (χ0) is 30.2. The molecule has 2 bridgehead atoms. The number of anilines is 3. The SMILES string of the molecule is COc1cc2nc(NCC3C[C@H]4CC[C@@H](C3)N4C(=O)OC(C)(C)C)nc(Nc3ccc(S(C)(=O)=O)cc3)c2cc1OC. The lowest BCUT2D eigenvalue weighted by Gasteiger charge is -2.39. The summed E-state index contributed by atoms with van der Waals surface area (Å²) < 4.78 is 40.5. The van der Waals surface area contributed by atoms with Crippen molar-refractivity contribution in [2.45, 2.75) is 69.0 Å². The number of benzene rings is 2. The zero-order valence-corrected chi connectivity index (χ0v) is 25.7. The number of fused-ring (bicyclic) bond motifs is 3. The van der Waals surface area contributed by atoms with Crippen LogP contribution in [0.3, 0.4) is 0 Å². The van der Waals surface area contributed by atoms with Crippen LogP contribution in [0.15, 0.2) is 41.3 Å². The third kappa shape index (κ3) is 6.48. The summed E-state index contributed by atoms with van der Waals surface area (Å²) in [7, 11) is -0.169. The van der Waals surface area contributed by atoms with Crippen molar-refractivity contribution in [3.05, 3.63) is 36.4 Å². The molecule has 3 heterocycles. The fourth-order valence-electron chi connectivity index (χ4n) is 5.86. The number of rotatable bonds is 8. The van der Waals surface area contributed by atoms with Crippen molar-refractivity contribution >= 4 is 44.3 Å². The number of sulfone groups is 1. The van der Waals surface area contributed by atoms with Crippen molar-refractivity contribution in [2.75, 3.05) is 37.7 Å². The van der Waals surface area contributed by atoms with E-state index in [0.717, 1.165) is 25.7 Å². The molecule has 2 N–H and O–H groups in total. The van der Waals surface area contributed by atoms with Gasteiger partial charge in [0.2, 0.25) is 5.95 Å². The average Bonchev–Trinajstić information content (AvgIpc) is 3.20. The maximum Gasteiger partial charge on any atom is 0.410 e. The molecule has 0 radical (unpaired) electrons. The van der Waals surface area contributed by atoms with Gasteiger partial charge in [-0.2, -0.15) is 4.98 Å². The van der Waals surface area contributed by atoms with Crippen LogP contribution in [0.2, 0.25) is 0 Å². The van der Waals surface area contributed by atoms with Crippen LogP contribution < -0.4 is 20.1 Å². The maximum atomic E-state index is 12.9. The van der Waals surface area contributed by atoms with E-state index in [9.17, 15) is 13.2 Å². The molecule has 3 aromatic rings. The van der Waals surface area contributed by atoms with Crippen LogP contribution in [-0.2, 0) is 14.6 Å². The molecule has 42 heavy (non-hydrogen) atoms. The fourth-order valence-corrected chi connectivity index (χ4v) is 6.49. The first-order valence-electron chi connectivity index (χ1n) is 14.1. The highest BCUT2D eigenvalue weighted by molar-refractivity contribution is 7.90. The summed E-state index contributed by atoms with van der Waals surface area (Å²) in [5, 5.41) is 7.46. The van der Waals surface area contributed by atoms with Gasteiger partial charge in [0.25, 0.3) is 0 Å². The molecule has 0 saturated carbocycles. The van der Waals surface area contributed by atoms with E-state index >= 15 is 0 Å². The first-order chi connectivity index (χ1) is 19.8. The van der Waals surface area contributed by atoms with Crippen molar-refractivity contribution < 1.29 is 27.4 Å². The highest BCUT2D eigenvalue weighted by Crippen LogP contribution is 2.40. The Morgan fingerprint density at radius 1 is 1.00 bits per heavy atom. The van der Waals surface area contributed by atoms with Gasteiger partial charge in [-0.05, 0) is 82.7 Å². The standard InChI is InChI=1S/C30H39N5O6S/c1-30(2,3)41-29(36)35-20-9-10-21(35)14-18(13-20)17-31-28-33-24-16-26(40-5)25(39-4)15-23(24)27(34-28)32-19-7-11-22(12-8-19)42(6,37)38/h7-8,11-12,15-16,18,20-21H,9-10,13-14,17H2,1-6H3,(H2,31,32,33,34)/t18?,20-,21+. The lowest BCUT2D eigenvalue weighted by atomic mass is 9.91. The fraction of sp³-hybridized carbons (Fsp3) is 0.500. The molecular weight excluding hydrogens is 558 g/mol. The van der Waals surface area contributed by atoms with Gasteiger partial charge >= 0.3 is 6.09 Å². The minimum Gasteiger partial charge on any atom is -0.493 e. The predicted molar refractivity (Wildman–Crippen MR) is 162 cm³/mol. The second-order valence-electron chi connectivity index (χ2n) is 12.0. The molecule has 12 heteroatoms. The molecule has 2 aliphatic rings. The quantitative estimate of drug-likeness (QED) is 0.349. The second kappa shape index (κ2) is 11.5. The number of methoxy groups -OCH3 is 2. The first-order valence-corrected chi connectivity index (χ1v) is 16.0. The number of hydrogen-bond donors (Lipinski definition) is 2. The van der Waals surface area contributed by atoms with Crippen LogP contribution in [0.4, 0.5) is 22.2 Å². The van der Waals surface area contributed by atoms with Crippen molar-refractivity contribution in [2.24, 2.45) is 5.92 Å². The van der Waals surface area contributed by atoms with E-state index in [4.69, 9.17) is 24.2 Å². The van der Waals surface area contributed by atoms with Crippen molar-refractivity contribution in [3.63, 3.8) is 0 Å². The Bertz CT molecular complexity index is 1560. The molecule has 2 saturated heterocycles. The Morgan fingerprint density at radius 3 is 2.19 bits per heavy atom. The molecule has 1 amide bonds. The topological polar surface area (TPSA) is 132 Å². The highest BCUT2D eigenvalue weighted by Gasteiger charge is 2.44. The van der Waals surface area contributed by atoms with Crippen LogP contribution in [-0.4, -0.2) is 74.1 Å². The molecule has 0 spiro atoms. The summed E-state index contributed by atoms with van der Waals surface area (Å²) in [6.07, 6.45) is 4.71. The Labute approximate surface area is 246 Å². The molecule has 1 aromatic heterocycles. The lowest BCUT2D eigenvalue weighted by molar-refractivity contribution is 0.00282. The molecular formula is C30H39N5O6S. The van der Waals surface area contributed by atoms with Crippen molar-refractivity contribution in [1.82, 2.24) is 14.9 Å². The van der Waals surface area contributed by atoms with Crippen molar-refractivity contribution in [3.8, 4) is 11.5 Å². The Morgan fingerprint density at radius 2 is 1.62 bits per heavy atom. The van der Waals surface area contributed by atoms with E-state index in [1.54, 1.807) is 44.6 Å². The van der Waals surface area contributed by atoms with E-state index in [-0.39, 0.29) is 23.1 Å². The van der Waals surface area contributed by atoms with Gasteiger partial charge in [0.1, 0.15) is 11.4 Å².